The lowest BCUT2D eigenvalue weighted by atomic mass is 10.1. The lowest BCUT2D eigenvalue weighted by Gasteiger charge is -2.14. The Morgan fingerprint density at radius 3 is 2.62 bits per heavy atom. The van der Waals surface area contributed by atoms with Crippen LogP contribution in [0.3, 0.4) is 0 Å². The molecule has 0 saturated carbocycles. The van der Waals surface area contributed by atoms with Gasteiger partial charge in [0, 0.05) is 13.7 Å². The van der Waals surface area contributed by atoms with E-state index in [1.807, 2.05) is 30.3 Å². The van der Waals surface area contributed by atoms with Crippen LogP contribution in [-0.2, 0) is 11.2 Å². The largest absolute Gasteiger partial charge is 0.487 e. The molecule has 0 aliphatic rings. The monoisotopic (exact) mass is 348 g/mol. The molecule has 24 heavy (non-hydrogen) atoms. The number of rotatable bonds is 8. The summed E-state index contributed by atoms with van der Waals surface area (Å²) in [6.45, 7) is 1.33. The molecular weight excluding hydrogens is 328 g/mol. The standard InChI is InChI=1S/C18H21ClN2O3/c1-23-12-13-24-17-15(19)8-5-9-16(17)21-18(22)20-11-10-14-6-3-2-4-7-14/h2-9H,10-13H2,1H3,(H2,20,21,22). The number of amides is 2. The molecule has 0 atom stereocenters. The normalized spacial score (nSPS) is 10.2. The van der Waals surface area contributed by atoms with Crippen LogP contribution in [-0.4, -0.2) is 32.9 Å². The van der Waals surface area contributed by atoms with E-state index in [1.165, 1.54) is 5.56 Å². The van der Waals surface area contributed by atoms with Crippen molar-refractivity contribution in [1.82, 2.24) is 5.32 Å². The second-order valence-corrected chi connectivity index (χ2v) is 5.48. The minimum atomic E-state index is -0.301. The Morgan fingerprint density at radius 2 is 1.88 bits per heavy atom. The molecule has 0 heterocycles. The lowest BCUT2D eigenvalue weighted by molar-refractivity contribution is 0.146. The maximum absolute atomic E-state index is 12.1. The lowest BCUT2D eigenvalue weighted by Crippen LogP contribution is -2.30. The average molecular weight is 349 g/mol. The summed E-state index contributed by atoms with van der Waals surface area (Å²) in [6, 6.07) is 14.9. The van der Waals surface area contributed by atoms with Crippen molar-refractivity contribution in [2.24, 2.45) is 0 Å². The summed E-state index contributed by atoms with van der Waals surface area (Å²) in [7, 11) is 1.59. The van der Waals surface area contributed by atoms with Gasteiger partial charge in [-0.15, -0.1) is 0 Å². The second-order valence-electron chi connectivity index (χ2n) is 5.07. The van der Waals surface area contributed by atoms with Gasteiger partial charge in [-0.05, 0) is 24.1 Å². The average Bonchev–Trinajstić information content (AvgIpc) is 2.58. The molecule has 6 heteroatoms. The Hall–Kier alpha value is -2.24. The summed E-state index contributed by atoms with van der Waals surface area (Å²) < 4.78 is 10.5. The summed E-state index contributed by atoms with van der Waals surface area (Å²) >= 11 is 6.14. The molecule has 0 spiro atoms. The SMILES string of the molecule is COCCOc1c(Cl)cccc1NC(=O)NCCc1ccccc1. The number of hydrogen-bond acceptors (Lipinski definition) is 3. The first-order chi connectivity index (χ1) is 11.7. The van der Waals surface area contributed by atoms with E-state index in [4.69, 9.17) is 21.1 Å². The zero-order chi connectivity index (χ0) is 17.2. The fourth-order valence-corrected chi connectivity index (χ4v) is 2.34. The van der Waals surface area contributed by atoms with Gasteiger partial charge in [-0.2, -0.15) is 0 Å². The third-order valence-electron chi connectivity index (χ3n) is 3.29. The van der Waals surface area contributed by atoms with Gasteiger partial charge in [0.25, 0.3) is 0 Å². The maximum Gasteiger partial charge on any atom is 0.319 e. The first-order valence-electron chi connectivity index (χ1n) is 7.69. The van der Waals surface area contributed by atoms with Crippen molar-refractivity contribution in [2.45, 2.75) is 6.42 Å². The number of anilines is 1. The highest BCUT2D eigenvalue weighted by atomic mass is 35.5. The van der Waals surface area contributed by atoms with Crippen LogP contribution in [0.25, 0.3) is 0 Å². The number of urea groups is 1. The number of ether oxygens (including phenoxy) is 2. The van der Waals surface area contributed by atoms with E-state index in [0.29, 0.717) is 36.2 Å². The smallest absolute Gasteiger partial charge is 0.319 e. The van der Waals surface area contributed by atoms with Gasteiger partial charge in [-0.1, -0.05) is 48.0 Å². The number of carbonyl (C=O) groups is 1. The first-order valence-corrected chi connectivity index (χ1v) is 8.07. The maximum atomic E-state index is 12.1. The van der Waals surface area contributed by atoms with E-state index in [9.17, 15) is 4.79 Å². The molecule has 0 fully saturated rings. The molecule has 2 aromatic carbocycles. The van der Waals surface area contributed by atoms with Crippen molar-refractivity contribution in [3.8, 4) is 5.75 Å². The Bertz CT molecular complexity index is 650. The van der Waals surface area contributed by atoms with Gasteiger partial charge in [-0.25, -0.2) is 4.79 Å². The van der Waals surface area contributed by atoms with Crippen LogP contribution in [0.4, 0.5) is 10.5 Å². The Labute approximate surface area is 146 Å². The molecule has 2 amide bonds. The number of carbonyl (C=O) groups excluding carboxylic acids is 1. The topological polar surface area (TPSA) is 59.6 Å². The number of nitrogens with one attached hydrogen (secondary N) is 2. The molecule has 0 aromatic heterocycles. The highest BCUT2D eigenvalue weighted by Crippen LogP contribution is 2.32. The molecule has 0 unspecified atom stereocenters. The zero-order valence-corrected chi connectivity index (χ0v) is 14.3. The number of methoxy groups -OCH3 is 1. The van der Waals surface area contributed by atoms with Crippen molar-refractivity contribution in [3.63, 3.8) is 0 Å². The van der Waals surface area contributed by atoms with E-state index in [0.717, 1.165) is 6.42 Å². The summed E-state index contributed by atoms with van der Waals surface area (Å²) in [5, 5.41) is 6.02. The molecule has 0 saturated heterocycles. The van der Waals surface area contributed by atoms with Gasteiger partial charge in [0.1, 0.15) is 6.61 Å². The summed E-state index contributed by atoms with van der Waals surface area (Å²) in [4.78, 5) is 12.1. The van der Waals surface area contributed by atoms with Crippen LogP contribution in [0, 0.1) is 0 Å². The van der Waals surface area contributed by atoms with Gasteiger partial charge in [0.05, 0.1) is 17.3 Å². The van der Waals surface area contributed by atoms with Crippen molar-refractivity contribution >= 4 is 23.3 Å². The van der Waals surface area contributed by atoms with Gasteiger partial charge >= 0.3 is 6.03 Å². The minimum Gasteiger partial charge on any atom is -0.487 e. The summed E-state index contributed by atoms with van der Waals surface area (Å²) in [6.07, 6.45) is 0.765. The number of halogens is 1. The summed E-state index contributed by atoms with van der Waals surface area (Å²) in [5.74, 6) is 0.439. The van der Waals surface area contributed by atoms with Gasteiger partial charge in [-0.3, -0.25) is 0 Å². The number of benzene rings is 2. The van der Waals surface area contributed by atoms with Crippen molar-refractivity contribution in [1.29, 1.82) is 0 Å². The molecule has 2 aromatic rings. The minimum absolute atomic E-state index is 0.301. The second kappa shape index (κ2) is 9.80. The van der Waals surface area contributed by atoms with Crippen LogP contribution in [0.5, 0.6) is 5.75 Å². The fraction of sp³-hybridized carbons (Fsp3) is 0.278. The third-order valence-corrected chi connectivity index (χ3v) is 3.59. The van der Waals surface area contributed by atoms with Crippen molar-refractivity contribution < 1.29 is 14.3 Å². The molecule has 0 bridgehead atoms. The number of para-hydroxylation sites is 1. The Kier molecular flexibility index (Phi) is 7.39. The van der Waals surface area contributed by atoms with Crippen molar-refractivity contribution in [3.05, 3.63) is 59.1 Å². The van der Waals surface area contributed by atoms with Crippen molar-refractivity contribution in [2.75, 3.05) is 32.2 Å². The fourth-order valence-electron chi connectivity index (χ4n) is 2.11. The third kappa shape index (κ3) is 5.76. The Morgan fingerprint density at radius 1 is 1.08 bits per heavy atom. The molecule has 0 radical (unpaired) electrons. The van der Waals surface area contributed by atoms with E-state index in [1.54, 1.807) is 25.3 Å². The van der Waals surface area contributed by atoms with E-state index < -0.39 is 0 Å². The molecule has 128 valence electrons. The van der Waals surface area contributed by atoms with Gasteiger partial charge in [0.2, 0.25) is 0 Å². The number of hydrogen-bond donors (Lipinski definition) is 2. The molecule has 2 rings (SSSR count). The molecule has 2 N–H and O–H groups in total. The Balaban J connectivity index is 1.87. The highest BCUT2D eigenvalue weighted by molar-refractivity contribution is 6.32. The molecule has 0 aliphatic heterocycles. The van der Waals surface area contributed by atoms with Gasteiger partial charge in [0.15, 0.2) is 5.75 Å². The van der Waals surface area contributed by atoms with E-state index in [2.05, 4.69) is 10.6 Å². The van der Waals surface area contributed by atoms with E-state index in [-0.39, 0.29) is 6.03 Å². The van der Waals surface area contributed by atoms with E-state index >= 15 is 0 Å². The predicted octanol–water partition coefficient (Wildman–Crippen LogP) is 3.73. The van der Waals surface area contributed by atoms with Crippen LogP contribution >= 0.6 is 11.6 Å². The van der Waals surface area contributed by atoms with Crippen LogP contribution in [0.1, 0.15) is 5.56 Å². The van der Waals surface area contributed by atoms with Crippen LogP contribution in [0.2, 0.25) is 5.02 Å². The summed E-state index contributed by atoms with van der Waals surface area (Å²) in [5.41, 5.74) is 1.69. The molecule has 5 nitrogen and oxygen atoms in total. The highest BCUT2D eigenvalue weighted by Gasteiger charge is 2.11. The predicted molar refractivity (Wildman–Crippen MR) is 96.0 cm³/mol. The van der Waals surface area contributed by atoms with Crippen LogP contribution in [0.15, 0.2) is 48.5 Å². The van der Waals surface area contributed by atoms with Gasteiger partial charge < -0.3 is 20.1 Å². The molecular formula is C18H21ClN2O3. The molecule has 0 aliphatic carbocycles. The quantitative estimate of drug-likeness (QED) is 0.715. The zero-order valence-electron chi connectivity index (χ0n) is 13.5. The first kappa shape index (κ1) is 18.1. The van der Waals surface area contributed by atoms with Crippen LogP contribution < -0.4 is 15.4 Å².